The standard InChI is InChI=1S/C31H28F2N4O2/c1-18(2)26-28(38)37(30(3,36-26)22-13-23(32)15-24(33)14-22)11-5-6-19-8-9-20-16-31(17-21(20)12-19)25-7-4-10-34-27(25)35-29(31)39/h4-10,12-15,18H,11,16-17H2,1-3H3,(H,34,35,39)/t30-,31?/m1/s1. The lowest BCUT2D eigenvalue weighted by atomic mass is 9.79. The molecule has 0 saturated carbocycles. The van der Waals surface area contributed by atoms with Crippen molar-refractivity contribution < 1.29 is 18.4 Å². The SMILES string of the molecule is CC(C)C1=N[C@@](C)(c2cc(F)cc(F)c2)N(CC=Cc2ccc3c(c2)CC2(C3)C(=O)Nc3ncccc32)C1=O. The van der Waals surface area contributed by atoms with Crippen molar-refractivity contribution in [1.82, 2.24) is 9.88 Å². The van der Waals surface area contributed by atoms with Gasteiger partial charge in [0, 0.05) is 35.9 Å². The smallest absolute Gasteiger partial charge is 0.270 e. The number of pyridine rings is 1. The van der Waals surface area contributed by atoms with Gasteiger partial charge in [-0.25, -0.2) is 13.8 Å². The zero-order valence-corrected chi connectivity index (χ0v) is 22.0. The van der Waals surface area contributed by atoms with E-state index in [-0.39, 0.29) is 29.8 Å². The molecule has 198 valence electrons. The minimum atomic E-state index is -1.23. The van der Waals surface area contributed by atoms with Gasteiger partial charge in [-0.15, -0.1) is 0 Å². The first-order valence-corrected chi connectivity index (χ1v) is 13.0. The van der Waals surface area contributed by atoms with Crippen LogP contribution < -0.4 is 5.32 Å². The molecule has 8 heteroatoms. The molecule has 1 unspecified atom stereocenters. The van der Waals surface area contributed by atoms with Gasteiger partial charge in [0.15, 0.2) is 5.66 Å². The molecule has 1 spiro atoms. The minimum absolute atomic E-state index is 0.0222. The maximum Gasteiger partial charge on any atom is 0.270 e. The first kappa shape index (κ1) is 25.1. The second-order valence-corrected chi connectivity index (χ2v) is 11.0. The van der Waals surface area contributed by atoms with Crippen molar-refractivity contribution in [2.45, 2.75) is 44.7 Å². The van der Waals surface area contributed by atoms with E-state index in [1.54, 1.807) is 18.0 Å². The molecule has 2 aromatic carbocycles. The van der Waals surface area contributed by atoms with E-state index in [0.29, 0.717) is 24.4 Å². The van der Waals surface area contributed by atoms with Crippen molar-refractivity contribution in [3.05, 3.63) is 100 Å². The van der Waals surface area contributed by atoms with Crippen LogP contribution in [0, 0.1) is 17.6 Å². The number of benzene rings is 2. The summed E-state index contributed by atoms with van der Waals surface area (Å²) in [5, 5.41) is 2.93. The zero-order valence-electron chi connectivity index (χ0n) is 22.0. The van der Waals surface area contributed by atoms with Gasteiger partial charge in [-0.1, -0.05) is 50.3 Å². The van der Waals surface area contributed by atoms with Gasteiger partial charge in [-0.05, 0) is 54.7 Å². The molecule has 0 bridgehead atoms. The molecule has 1 N–H and O–H groups in total. The van der Waals surface area contributed by atoms with E-state index < -0.39 is 22.7 Å². The topological polar surface area (TPSA) is 74.7 Å². The molecule has 0 fully saturated rings. The first-order chi connectivity index (χ1) is 18.6. The van der Waals surface area contributed by atoms with Crippen molar-refractivity contribution >= 4 is 29.4 Å². The van der Waals surface area contributed by atoms with E-state index in [0.717, 1.165) is 28.3 Å². The Labute approximate surface area is 225 Å². The number of hydrogen-bond donors (Lipinski definition) is 1. The van der Waals surface area contributed by atoms with Crippen molar-refractivity contribution in [3.63, 3.8) is 0 Å². The molecular formula is C31H28F2N4O2. The summed E-state index contributed by atoms with van der Waals surface area (Å²) in [6.07, 6.45) is 6.67. The predicted octanol–water partition coefficient (Wildman–Crippen LogP) is 5.17. The number of halogens is 2. The van der Waals surface area contributed by atoms with Crippen molar-refractivity contribution in [2.75, 3.05) is 11.9 Å². The number of aromatic nitrogens is 1. The Kier molecular flexibility index (Phi) is 5.75. The molecule has 6 rings (SSSR count). The highest BCUT2D eigenvalue weighted by Crippen LogP contribution is 2.46. The third-order valence-corrected chi connectivity index (χ3v) is 8.09. The predicted molar refractivity (Wildman–Crippen MR) is 145 cm³/mol. The summed E-state index contributed by atoms with van der Waals surface area (Å²) >= 11 is 0. The lowest BCUT2D eigenvalue weighted by Gasteiger charge is -2.33. The molecule has 1 aromatic heterocycles. The number of carbonyl (C=O) groups is 2. The number of hydrogen-bond acceptors (Lipinski definition) is 4. The third kappa shape index (κ3) is 3.97. The number of amides is 2. The lowest BCUT2D eigenvalue weighted by molar-refractivity contribution is -0.127. The minimum Gasteiger partial charge on any atom is -0.310 e. The Morgan fingerprint density at radius 3 is 2.54 bits per heavy atom. The Bertz CT molecular complexity index is 1580. The van der Waals surface area contributed by atoms with Crippen molar-refractivity contribution in [1.29, 1.82) is 0 Å². The van der Waals surface area contributed by atoms with Crippen LogP contribution in [0.5, 0.6) is 0 Å². The van der Waals surface area contributed by atoms with Crippen LogP contribution in [0.2, 0.25) is 0 Å². The van der Waals surface area contributed by atoms with Crippen LogP contribution in [0.1, 0.15) is 48.6 Å². The summed E-state index contributed by atoms with van der Waals surface area (Å²) in [4.78, 5) is 36.8. The maximum atomic E-state index is 14.1. The Balaban J connectivity index is 1.25. The molecule has 0 radical (unpaired) electrons. The third-order valence-electron chi connectivity index (χ3n) is 8.09. The van der Waals surface area contributed by atoms with E-state index >= 15 is 0 Å². The van der Waals surface area contributed by atoms with Gasteiger partial charge >= 0.3 is 0 Å². The molecule has 6 nitrogen and oxygen atoms in total. The molecule has 3 aliphatic rings. The van der Waals surface area contributed by atoms with Gasteiger partial charge in [-0.3, -0.25) is 14.6 Å². The van der Waals surface area contributed by atoms with Crippen LogP contribution in [0.25, 0.3) is 6.08 Å². The summed E-state index contributed by atoms with van der Waals surface area (Å²) in [5.74, 6) is -1.21. The number of rotatable bonds is 5. The average Bonchev–Trinajstić information content (AvgIpc) is 3.49. The van der Waals surface area contributed by atoms with Crippen LogP contribution in [-0.2, 0) is 33.5 Å². The van der Waals surface area contributed by atoms with Gasteiger partial charge in [-0.2, -0.15) is 0 Å². The quantitative estimate of drug-likeness (QED) is 0.498. The fourth-order valence-corrected chi connectivity index (χ4v) is 6.05. The molecule has 3 heterocycles. The van der Waals surface area contributed by atoms with Crippen LogP contribution in [0.3, 0.4) is 0 Å². The van der Waals surface area contributed by atoms with E-state index in [2.05, 4.69) is 21.4 Å². The first-order valence-electron chi connectivity index (χ1n) is 13.0. The fraction of sp³-hybridized carbons (Fsp3) is 0.290. The number of carbonyl (C=O) groups excluding carboxylic acids is 2. The van der Waals surface area contributed by atoms with Crippen LogP contribution in [0.15, 0.2) is 65.8 Å². The molecule has 1 aliphatic carbocycles. The second kappa shape index (κ2) is 8.93. The Hall–Kier alpha value is -4.20. The monoisotopic (exact) mass is 526 g/mol. The Morgan fingerprint density at radius 2 is 1.79 bits per heavy atom. The van der Waals surface area contributed by atoms with Crippen LogP contribution in [-0.4, -0.2) is 34.0 Å². The molecule has 39 heavy (non-hydrogen) atoms. The number of aliphatic imine (C=N–C) groups is 1. The highest BCUT2D eigenvalue weighted by atomic mass is 19.1. The zero-order chi connectivity index (χ0) is 27.5. The number of anilines is 1. The number of nitrogens with one attached hydrogen (secondary N) is 1. The fourth-order valence-electron chi connectivity index (χ4n) is 6.05. The summed E-state index contributed by atoms with van der Waals surface area (Å²) in [7, 11) is 0. The summed E-state index contributed by atoms with van der Waals surface area (Å²) < 4.78 is 28.2. The van der Waals surface area contributed by atoms with E-state index in [9.17, 15) is 18.4 Å². The van der Waals surface area contributed by atoms with E-state index in [1.165, 1.54) is 12.1 Å². The van der Waals surface area contributed by atoms with Gasteiger partial charge < -0.3 is 10.2 Å². The molecule has 2 amide bonds. The molecule has 0 saturated heterocycles. The number of fused-ring (bicyclic) bond motifs is 3. The highest BCUT2D eigenvalue weighted by molar-refractivity contribution is 6.41. The van der Waals surface area contributed by atoms with Crippen LogP contribution in [0.4, 0.5) is 14.6 Å². The van der Waals surface area contributed by atoms with E-state index in [1.807, 2.05) is 50.3 Å². The summed E-state index contributed by atoms with van der Waals surface area (Å²) in [6.45, 7) is 5.66. The van der Waals surface area contributed by atoms with Gasteiger partial charge in [0.25, 0.3) is 5.91 Å². The Morgan fingerprint density at radius 1 is 1.05 bits per heavy atom. The van der Waals surface area contributed by atoms with Gasteiger partial charge in [0.1, 0.15) is 23.2 Å². The van der Waals surface area contributed by atoms with Crippen molar-refractivity contribution in [2.24, 2.45) is 10.9 Å². The average molecular weight is 527 g/mol. The van der Waals surface area contributed by atoms with Gasteiger partial charge in [0.05, 0.1) is 5.41 Å². The molecule has 2 aliphatic heterocycles. The van der Waals surface area contributed by atoms with Crippen LogP contribution >= 0.6 is 0 Å². The van der Waals surface area contributed by atoms with Gasteiger partial charge in [0.2, 0.25) is 5.91 Å². The number of nitrogens with zero attached hydrogens (tertiary/aromatic N) is 3. The normalized spacial score (nSPS) is 23.6. The highest BCUT2D eigenvalue weighted by Gasteiger charge is 2.51. The summed E-state index contributed by atoms with van der Waals surface area (Å²) in [5.41, 5.74) is 2.90. The van der Waals surface area contributed by atoms with Crippen molar-refractivity contribution in [3.8, 4) is 0 Å². The summed E-state index contributed by atoms with van der Waals surface area (Å²) in [6, 6.07) is 13.2. The molecule has 3 aromatic rings. The lowest BCUT2D eigenvalue weighted by Crippen LogP contribution is -2.43. The molecule has 2 atom stereocenters. The molecular weight excluding hydrogens is 498 g/mol. The maximum absolute atomic E-state index is 14.1. The largest absolute Gasteiger partial charge is 0.310 e. The second-order valence-electron chi connectivity index (χ2n) is 11.0. The van der Waals surface area contributed by atoms with E-state index in [4.69, 9.17) is 0 Å².